The summed E-state index contributed by atoms with van der Waals surface area (Å²) in [5.41, 5.74) is 1.24. The van der Waals surface area contributed by atoms with E-state index in [9.17, 15) is 14.7 Å². The maximum absolute atomic E-state index is 13.4. The van der Waals surface area contributed by atoms with E-state index < -0.39 is 25.9 Å². The van der Waals surface area contributed by atoms with E-state index in [1.54, 1.807) is 12.1 Å². The maximum Gasteiger partial charge on any atom is 0.238 e. The van der Waals surface area contributed by atoms with Crippen molar-refractivity contribution in [3.63, 3.8) is 0 Å². The minimum atomic E-state index is -2.02. The van der Waals surface area contributed by atoms with Gasteiger partial charge in [-0.25, -0.2) is 0 Å². The molecular formula is C25H35NO4Si. The van der Waals surface area contributed by atoms with E-state index in [0.717, 1.165) is 5.57 Å². The van der Waals surface area contributed by atoms with Crippen LogP contribution in [0, 0.1) is 17.8 Å². The molecule has 0 aromatic heterocycles. The molecule has 1 saturated carbocycles. The first-order chi connectivity index (χ1) is 14.3. The molecule has 1 aromatic carbocycles. The van der Waals surface area contributed by atoms with E-state index in [-0.39, 0.29) is 28.7 Å². The van der Waals surface area contributed by atoms with Crippen LogP contribution in [0.4, 0.5) is 5.69 Å². The molecule has 5 nitrogen and oxygen atoms in total. The first kappa shape index (κ1) is 22.4. The van der Waals surface area contributed by atoms with Gasteiger partial charge in [0, 0.05) is 12.3 Å². The summed E-state index contributed by atoms with van der Waals surface area (Å²) in [7, 11) is -2.02. The van der Waals surface area contributed by atoms with Gasteiger partial charge in [-0.2, -0.15) is 0 Å². The highest BCUT2D eigenvalue weighted by molar-refractivity contribution is 6.74. The number of fused-ring (bicyclic) bond motifs is 3. The van der Waals surface area contributed by atoms with E-state index in [2.05, 4.69) is 46.9 Å². The Balaban J connectivity index is 1.61. The summed E-state index contributed by atoms with van der Waals surface area (Å²) in [6.07, 6.45) is 3.14. The number of aliphatic hydroxyl groups excluding tert-OH is 1. The van der Waals surface area contributed by atoms with Crippen molar-refractivity contribution >= 4 is 25.8 Å². The van der Waals surface area contributed by atoms with Crippen LogP contribution in [0.15, 0.2) is 42.0 Å². The van der Waals surface area contributed by atoms with Crippen molar-refractivity contribution in [2.75, 3.05) is 4.90 Å². The molecule has 1 aromatic rings. The SMILES string of the molecule is CC(C)(C)[Si](C)(C)O[C@@]1(C)CC2=CC[C@H]3C(=O)N(c4ccccc4)C(=O)[C@H]3[C@H]2[C@@H](O)C1. The van der Waals surface area contributed by atoms with Crippen LogP contribution in [0.5, 0.6) is 0 Å². The molecule has 1 heterocycles. The van der Waals surface area contributed by atoms with E-state index in [1.807, 2.05) is 18.2 Å². The molecule has 2 aliphatic carbocycles. The molecule has 31 heavy (non-hydrogen) atoms. The van der Waals surface area contributed by atoms with Gasteiger partial charge in [-0.05, 0) is 50.0 Å². The summed E-state index contributed by atoms with van der Waals surface area (Å²) >= 11 is 0. The van der Waals surface area contributed by atoms with Crippen molar-refractivity contribution in [1.29, 1.82) is 0 Å². The van der Waals surface area contributed by atoms with E-state index >= 15 is 0 Å². The Morgan fingerprint density at radius 3 is 2.35 bits per heavy atom. The van der Waals surface area contributed by atoms with Gasteiger partial charge >= 0.3 is 0 Å². The molecule has 1 N–H and O–H groups in total. The number of hydrogen-bond donors (Lipinski definition) is 1. The fraction of sp³-hybridized carbons (Fsp3) is 0.600. The number of allylic oxidation sites excluding steroid dienone is 1. The van der Waals surface area contributed by atoms with Gasteiger partial charge in [-0.3, -0.25) is 14.5 Å². The van der Waals surface area contributed by atoms with Crippen LogP contribution >= 0.6 is 0 Å². The van der Waals surface area contributed by atoms with E-state index in [0.29, 0.717) is 24.9 Å². The molecule has 2 amide bonds. The molecule has 4 rings (SSSR count). The van der Waals surface area contributed by atoms with Gasteiger partial charge in [0.25, 0.3) is 0 Å². The number of nitrogens with zero attached hydrogens (tertiary/aromatic N) is 1. The molecule has 2 fully saturated rings. The summed E-state index contributed by atoms with van der Waals surface area (Å²) < 4.78 is 6.78. The van der Waals surface area contributed by atoms with Crippen LogP contribution in [0.25, 0.3) is 0 Å². The van der Waals surface area contributed by atoms with Gasteiger partial charge in [0.1, 0.15) is 0 Å². The Kier molecular flexibility index (Phi) is 5.35. The summed E-state index contributed by atoms with van der Waals surface area (Å²) in [5.74, 6) is -1.50. The zero-order chi connectivity index (χ0) is 22.8. The second-order valence-corrected chi connectivity index (χ2v) is 16.0. The van der Waals surface area contributed by atoms with Crippen LogP contribution in [0.2, 0.25) is 18.1 Å². The lowest BCUT2D eigenvalue weighted by Crippen LogP contribution is -2.54. The molecular weight excluding hydrogens is 406 g/mol. The Morgan fingerprint density at radius 2 is 1.74 bits per heavy atom. The standard InChI is InChI=1S/C25H35NO4Si/c1-24(2,3)31(5,6)30-25(4)14-16-12-13-18-21(20(16)19(27)15-25)23(29)26(22(18)28)17-10-8-7-9-11-17/h7-12,18-21,27H,13-15H2,1-6H3/t18-,19+,20-,21-,25+/m1/s1. The molecule has 3 aliphatic rings. The molecule has 1 saturated heterocycles. The predicted molar refractivity (Wildman–Crippen MR) is 124 cm³/mol. The Labute approximate surface area is 186 Å². The van der Waals surface area contributed by atoms with Gasteiger partial charge < -0.3 is 9.53 Å². The summed E-state index contributed by atoms with van der Waals surface area (Å²) in [4.78, 5) is 27.9. The fourth-order valence-corrected chi connectivity index (χ4v) is 7.17. The highest BCUT2D eigenvalue weighted by Gasteiger charge is 2.58. The van der Waals surface area contributed by atoms with Gasteiger partial charge in [0.2, 0.25) is 11.8 Å². The summed E-state index contributed by atoms with van der Waals surface area (Å²) in [6, 6.07) is 9.13. The van der Waals surface area contributed by atoms with Crippen LogP contribution in [0.1, 0.15) is 47.0 Å². The Hall–Kier alpha value is -1.76. The number of carbonyl (C=O) groups is 2. The molecule has 0 bridgehead atoms. The first-order valence-corrected chi connectivity index (χ1v) is 14.3. The third-order valence-corrected chi connectivity index (χ3v) is 12.5. The number of anilines is 1. The monoisotopic (exact) mass is 441 g/mol. The largest absolute Gasteiger partial charge is 0.411 e. The summed E-state index contributed by atoms with van der Waals surface area (Å²) in [6.45, 7) is 13.2. The minimum absolute atomic E-state index is 0.0773. The number of benzene rings is 1. The van der Waals surface area contributed by atoms with E-state index in [4.69, 9.17) is 4.43 Å². The molecule has 1 aliphatic heterocycles. The van der Waals surface area contributed by atoms with Gasteiger partial charge in [0.05, 0.1) is 29.2 Å². The number of imide groups is 1. The third-order valence-electron chi connectivity index (χ3n) is 7.88. The molecule has 168 valence electrons. The van der Waals surface area contributed by atoms with Crippen LogP contribution in [0.3, 0.4) is 0 Å². The Bertz CT molecular complexity index is 919. The molecule has 0 spiro atoms. The highest BCUT2D eigenvalue weighted by Crippen LogP contribution is 2.52. The van der Waals surface area contributed by atoms with Crippen LogP contribution in [-0.4, -0.2) is 36.9 Å². The van der Waals surface area contributed by atoms with Gasteiger partial charge in [0.15, 0.2) is 8.32 Å². The minimum Gasteiger partial charge on any atom is -0.411 e. The number of para-hydroxylation sites is 1. The quantitative estimate of drug-likeness (QED) is 0.420. The topological polar surface area (TPSA) is 66.8 Å². The number of hydrogen-bond acceptors (Lipinski definition) is 4. The average Bonchev–Trinajstić information content (AvgIpc) is 2.90. The van der Waals surface area contributed by atoms with Gasteiger partial charge in [-0.1, -0.05) is 50.6 Å². The second-order valence-electron chi connectivity index (χ2n) is 11.3. The number of carbonyl (C=O) groups excluding carboxylic acids is 2. The predicted octanol–water partition coefficient (Wildman–Crippen LogP) is 4.67. The van der Waals surface area contributed by atoms with Crippen molar-refractivity contribution in [3.8, 4) is 0 Å². The lowest BCUT2D eigenvalue weighted by atomic mass is 9.63. The Morgan fingerprint density at radius 1 is 1.10 bits per heavy atom. The van der Waals surface area contributed by atoms with Crippen molar-refractivity contribution < 1.29 is 19.1 Å². The highest BCUT2D eigenvalue weighted by atomic mass is 28.4. The van der Waals surface area contributed by atoms with Crippen LogP contribution < -0.4 is 4.90 Å². The van der Waals surface area contributed by atoms with Crippen molar-refractivity contribution in [2.24, 2.45) is 17.8 Å². The molecule has 0 unspecified atom stereocenters. The summed E-state index contributed by atoms with van der Waals surface area (Å²) in [5, 5.41) is 11.3. The zero-order valence-electron chi connectivity index (χ0n) is 19.5. The van der Waals surface area contributed by atoms with Crippen molar-refractivity contribution in [1.82, 2.24) is 0 Å². The first-order valence-electron chi connectivity index (χ1n) is 11.3. The number of aliphatic hydroxyl groups is 1. The second kappa shape index (κ2) is 7.39. The van der Waals surface area contributed by atoms with Crippen molar-refractivity contribution in [2.45, 2.75) is 76.8 Å². The third kappa shape index (κ3) is 3.72. The maximum atomic E-state index is 13.4. The van der Waals surface area contributed by atoms with Gasteiger partial charge in [-0.15, -0.1) is 0 Å². The number of amides is 2. The zero-order valence-corrected chi connectivity index (χ0v) is 20.5. The normalized spacial score (nSPS) is 33.8. The van der Waals surface area contributed by atoms with Crippen molar-refractivity contribution in [3.05, 3.63) is 42.0 Å². The smallest absolute Gasteiger partial charge is 0.238 e. The lowest BCUT2D eigenvalue weighted by molar-refractivity contribution is -0.126. The van der Waals surface area contributed by atoms with E-state index in [1.165, 1.54) is 4.90 Å². The fourth-order valence-electron chi connectivity index (χ4n) is 5.47. The molecule has 6 heteroatoms. The average molecular weight is 442 g/mol. The van der Waals surface area contributed by atoms with Crippen LogP contribution in [-0.2, 0) is 14.0 Å². The molecule has 0 radical (unpaired) electrons. The lowest BCUT2D eigenvalue weighted by Gasteiger charge is -2.50. The molecule has 5 atom stereocenters. The number of rotatable bonds is 3.